The third-order valence-corrected chi connectivity index (χ3v) is 6.31. The minimum atomic E-state index is -1.44. The monoisotopic (exact) mass is 447 g/mol. The highest BCUT2D eigenvalue weighted by Crippen LogP contribution is 2.45. The predicted molar refractivity (Wildman–Crippen MR) is 131 cm³/mol. The number of aliphatic imine (C=N–C) groups is 1. The van der Waals surface area contributed by atoms with Crippen molar-refractivity contribution in [2.75, 3.05) is 31.6 Å². The fourth-order valence-corrected chi connectivity index (χ4v) is 4.43. The minimum Gasteiger partial charge on any atom is -0.489 e. The fraction of sp³-hybridized carbons (Fsp3) is 0.333. The summed E-state index contributed by atoms with van der Waals surface area (Å²) < 4.78 is 21.8. The zero-order chi connectivity index (χ0) is 23.4. The topological polar surface area (TPSA) is 53.9 Å². The standard InChI is InChI=1S/C27H30FN3O2/c1-4-31(5-2)15-10-16-33-23-18-29-27(25(23)28,20-12-7-6-8-13-20)17-21-24-19(3)11-9-14-22(24)30-26(21)32/h6-9,11-14,17-18H,4-5,10,15-16H2,1-3H3,(H,30,32). The molecule has 6 heteroatoms. The molecule has 0 saturated heterocycles. The average Bonchev–Trinajstić information content (AvgIpc) is 3.32. The molecule has 2 aromatic carbocycles. The van der Waals surface area contributed by atoms with E-state index in [2.05, 4.69) is 29.1 Å². The highest BCUT2D eigenvalue weighted by Gasteiger charge is 2.43. The summed E-state index contributed by atoms with van der Waals surface area (Å²) in [5.41, 5.74) is 2.08. The molecule has 0 aliphatic carbocycles. The van der Waals surface area contributed by atoms with Crippen molar-refractivity contribution in [3.63, 3.8) is 0 Å². The van der Waals surface area contributed by atoms with Crippen molar-refractivity contribution in [2.24, 2.45) is 4.99 Å². The quantitative estimate of drug-likeness (QED) is 0.423. The van der Waals surface area contributed by atoms with Crippen LogP contribution in [0.2, 0.25) is 0 Å². The molecule has 0 fully saturated rings. The summed E-state index contributed by atoms with van der Waals surface area (Å²) >= 11 is 0. The second-order valence-corrected chi connectivity index (χ2v) is 8.31. The molecule has 1 amide bonds. The first kappa shape index (κ1) is 22.9. The van der Waals surface area contributed by atoms with Gasteiger partial charge in [-0.1, -0.05) is 56.3 Å². The Balaban J connectivity index is 1.69. The summed E-state index contributed by atoms with van der Waals surface area (Å²) in [5.74, 6) is -0.635. The lowest BCUT2D eigenvalue weighted by Gasteiger charge is -2.23. The van der Waals surface area contributed by atoms with Crippen LogP contribution >= 0.6 is 0 Å². The molecule has 5 nitrogen and oxygen atoms in total. The van der Waals surface area contributed by atoms with Crippen molar-refractivity contribution in [1.29, 1.82) is 0 Å². The summed E-state index contributed by atoms with van der Waals surface area (Å²) in [4.78, 5) is 19.7. The molecule has 1 N–H and O–H groups in total. The molecule has 0 aromatic heterocycles. The van der Waals surface area contributed by atoms with Gasteiger partial charge in [-0.2, -0.15) is 0 Å². The maximum absolute atomic E-state index is 16.0. The van der Waals surface area contributed by atoms with Crippen LogP contribution in [0.15, 0.2) is 71.2 Å². The maximum atomic E-state index is 16.0. The Bertz CT molecular complexity index is 1120. The summed E-state index contributed by atoms with van der Waals surface area (Å²) in [6, 6.07) is 14.9. The zero-order valence-corrected chi connectivity index (χ0v) is 19.4. The first-order valence-corrected chi connectivity index (χ1v) is 11.5. The van der Waals surface area contributed by atoms with Crippen LogP contribution in [0.3, 0.4) is 0 Å². The van der Waals surface area contributed by atoms with Crippen molar-refractivity contribution >= 4 is 23.4 Å². The lowest BCUT2D eigenvalue weighted by atomic mass is 9.86. The molecule has 2 heterocycles. The first-order chi connectivity index (χ1) is 16.0. The molecule has 4 rings (SSSR count). The Hall–Kier alpha value is -3.25. The number of aryl methyl sites for hydroxylation is 1. The molecule has 0 spiro atoms. The summed E-state index contributed by atoms with van der Waals surface area (Å²) in [5, 5.41) is 2.89. The van der Waals surface area contributed by atoms with Gasteiger partial charge in [0.05, 0.1) is 12.8 Å². The second-order valence-electron chi connectivity index (χ2n) is 8.31. The molecule has 1 atom stereocenters. The van der Waals surface area contributed by atoms with Gasteiger partial charge in [0.15, 0.2) is 17.1 Å². The third kappa shape index (κ3) is 4.35. The molecule has 0 bridgehead atoms. The van der Waals surface area contributed by atoms with E-state index >= 15 is 4.39 Å². The van der Waals surface area contributed by atoms with Crippen LogP contribution in [-0.2, 0) is 15.1 Å². The van der Waals surface area contributed by atoms with Crippen LogP contribution in [0.4, 0.5) is 10.1 Å². The van der Waals surface area contributed by atoms with Gasteiger partial charge in [0, 0.05) is 23.4 Å². The van der Waals surface area contributed by atoms with Crippen molar-refractivity contribution in [3.8, 4) is 0 Å². The number of halogens is 1. The van der Waals surface area contributed by atoms with E-state index in [1.54, 1.807) is 6.08 Å². The number of nitrogens with zero attached hydrogens (tertiary/aromatic N) is 2. The average molecular weight is 448 g/mol. The van der Waals surface area contributed by atoms with E-state index in [0.717, 1.165) is 42.9 Å². The Morgan fingerprint density at radius 2 is 1.88 bits per heavy atom. The smallest absolute Gasteiger partial charge is 0.256 e. The fourth-order valence-electron chi connectivity index (χ4n) is 4.43. The number of fused-ring (bicyclic) bond motifs is 1. The van der Waals surface area contributed by atoms with Gasteiger partial charge in [0.2, 0.25) is 0 Å². The van der Waals surface area contributed by atoms with E-state index in [1.807, 2.05) is 55.5 Å². The van der Waals surface area contributed by atoms with Crippen LogP contribution in [-0.4, -0.2) is 43.3 Å². The van der Waals surface area contributed by atoms with Gasteiger partial charge in [-0.15, -0.1) is 0 Å². The van der Waals surface area contributed by atoms with Crippen LogP contribution in [0, 0.1) is 6.92 Å². The van der Waals surface area contributed by atoms with Crippen LogP contribution < -0.4 is 5.32 Å². The van der Waals surface area contributed by atoms with E-state index in [0.29, 0.717) is 17.7 Å². The number of ether oxygens (including phenoxy) is 1. The maximum Gasteiger partial charge on any atom is 0.256 e. The largest absolute Gasteiger partial charge is 0.489 e. The molecule has 0 saturated carbocycles. The van der Waals surface area contributed by atoms with Crippen LogP contribution in [0.1, 0.15) is 37.0 Å². The second kappa shape index (κ2) is 9.71. The van der Waals surface area contributed by atoms with Crippen molar-refractivity contribution in [2.45, 2.75) is 32.7 Å². The molecule has 1 unspecified atom stereocenters. The summed E-state index contributed by atoms with van der Waals surface area (Å²) in [6.45, 7) is 9.42. The van der Waals surface area contributed by atoms with Gasteiger partial charge in [-0.25, -0.2) is 4.39 Å². The molecule has 2 aliphatic rings. The normalized spacial score (nSPS) is 20.6. The molecule has 172 valence electrons. The number of amides is 1. The van der Waals surface area contributed by atoms with Gasteiger partial charge < -0.3 is 15.0 Å². The predicted octanol–water partition coefficient (Wildman–Crippen LogP) is 5.24. The molecule has 2 aliphatic heterocycles. The van der Waals surface area contributed by atoms with E-state index in [4.69, 9.17) is 4.74 Å². The number of hydrogen-bond acceptors (Lipinski definition) is 4. The number of carbonyl (C=O) groups is 1. The van der Waals surface area contributed by atoms with Crippen molar-refractivity contribution < 1.29 is 13.9 Å². The number of allylic oxidation sites excluding steroid dienone is 1. The Morgan fingerprint density at radius 1 is 1.12 bits per heavy atom. The molecular formula is C27H30FN3O2. The Morgan fingerprint density at radius 3 is 2.61 bits per heavy atom. The van der Waals surface area contributed by atoms with E-state index < -0.39 is 11.4 Å². The molecular weight excluding hydrogens is 417 g/mol. The minimum absolute atomic E-state index is 0.124. The van der Waals surface area contributed by atoms with Crippen LogP contribution in [0.5, 0.6) is 0 Å². The number of hydrogen-bond donors (Lipinski definition) is 1. The van der Waals surface area contributed by atoms with E-state index in [9.17, 15) is 4.79 Å². The SMILES string of the molecule is CCN(CC)CCCOC1=C(F)C(C=C2C(=O)Nc3cccc(C)c32)(c2ccccc2)N=C1. The number of benzene rings is 2. The lowest BCUT2D eigenvalue weighted by molar-refractivity contribution is -0.110. The van der Waals surface area contributed by atoms with E-state index in [-0.39, 0.29) is 11.7 Å². The van der Waals surface area contributed by atoms with E-state index in [1.165, 1.54) is 6.21 Å². The number of anilines is 1. The molecule has 33 heavy (non-hydrogen) atoms. The number of carbonyl (C=O) groups excluding carboxylic acids is 1. The number of nitrogens with one attached hydrogen (secondary N) is 1. The van der Waals surface area contributed by atoms with Crippen molar-refractivity contribution in [1.82, 2.24) is 4.90 Å². The molecule has 0 radical (unpaired) electrons. The number of rotatable bonds is 9. The summed E-state index contributed by atoms with van der Waals surface area (Å²) in [7, 11) is 0. The highest BCUT2D eigenvalue weighted by atomic mass is 19.1. The zero-order valence-electron chi connectivity index (χ0n) is 19.4. The van der Waals surface area contributed by atoms with Crippen LogP contribution in [0.25, 0.3) is 5.57 Å². The van der Waals surface area contributed by atoms with Gasteiger partial charge in [0.1, 0.15) is 0 Å². The van der Waals surface area contributed by atoms with Gasteiger partial charge in [-0.3, -0.25) is 9.79 Å². The highest BCUT2D eigenvalue weighted by molar-refractivity contribution is 6.32. The third-order valence-electron chi connectivity index (χ3n) is 6.31. The van der Waals surface area contributed by atoms with Gasteiger partial charge in [-0.05, 0) is 49.7 Å². The summed E-state index contributed by atoms with van der Waals surface area (Å²) in [6.07, 6.45) is 3.87. The first-order valence-electron chi connectivity index (χ1n) is 11.5. The van der Waals surface area contributed by atoms with Gasteiger partial charge >= 0.3 is 0 Å². The Kier molecular flexibility index (Phi) is 6.75. The molecule has 2 aromatic rings. The van der Waals surface area contributed by atoms with Gasteiger partial charge in [0.25, 0.3) is 5.91 Å². The van der Waals surface area contributed by atoms with Crippen molar-refractivity contribution in [3.05, 3.63) is 82.9 Å². The lowest BCUT2D eigenvalue weighted by Crippen LogP contribution is -2.25. The Labute approximate surface area is 194 Å².